The number of hydrogen-bond donors (Lipinski definition) is 2. The molecule has 0 fully saturated rings. The summed E-state index contributed by atoms with van der Waals surface area (Å²) in [4.78, 5) is 8.37. The molecule has 0 aliphatic carbocycles. The number of benzene rings is 1. The van der Waals surface area contributed by atoms with E-state index in [9.17, 15) is 5.21 Å². The van der Waals surface area contributed by atoms with Crippen molar-refractivity contribution in [3.05, 3.63) is 53.1 Å². The fraction of sp³-hybridized carbons (Fsp3) is 0.286. The van der Waals surface area contributed by atoms with Crippen molar-refractivity contribution >= 4 is 5.95 Å². The van der Waals surface area contributed by atoms with Crippen molar-refractivity contribution < 1.29 is 5.21 Å². The first-order valence-electron chi connectivity index (χ1n) is 6.26. The van der Waals surface area contributed by atoms with E-state index in [0.717, 1.165) is 17.6 Å². The molecule has 0 aliphatic heterocycles. The summed E-state index contributed by atoms with van der Waals surface area (Å²) < 4.78 is 0.850. The van der Waals surface area contributed by atoms with Gasteiger partial charge in [0, 0.05) is 12.6 Å². The van der Waals surface area contributed by atoms with Crippen LogP contribution in [0.1, 0.15) is 17.7 Å². The molecule has 0 spiro atoms. The molecule has 100 valence electrons. The molecule has 3 N–H and O–H groups in total. The number of anilines is 1. The number of hydrogen-bond acceptors (Lipinski definition) is 4. The average Bonchev–Trinajstić information content (AvgIpc) is 2.42. The third-order valence-electron chi connectivity index (χ3n) is 2.86. The van der Waals surface area contributed by atoms with E-state index >= 15 is 0 Å². The first-order chi connectivity index (χ1) is 9.16. The summed E-state index contributed by atoms with van der Waals surface area (Å²) in [6.07, 6.45) is 1.95. The molecule has 2 rings (SSSR count). The second-order valence-electron chi connectivity index (χ2n) is 4.40. The molecule has 0 saturated heterocycles. The van der Waals surface area contributed by atoms with Crippen LogP contribution in [0.2, 0.25) is 0 Å². The molecule has 19 heavy (non-hydrogen) atoms. The van der Waals surface area contributed by atoms with E-state index < -0.39 is 0 Å². The van der Waals surface area contributed by atoms with Crippen LogP contribution in [0.15, 0.2) is 41.4 Å². The maximum Gasteiger partial charge on any atom is 0.236 e. The number of aryl methyl sites for hydroxylation is 2. The molecule has 0 atom stereocenters. The Hall–Kier alpha value is -2.30. The van der Waals surface area contributed by atoms with Crippen molar-refractivity contribution in [3.8, 4) is 0 Å². The van der Waals surface area contributed by atoms with Crippen LogP contribution in [0, 0.1) is 6.92 Å². The number of nitrogens with zero attached hydrogens (tertiary/aromatic N) is 3. The van der Waals surface area contributed by atoms with E-state index in [0.29, 0.717) is 17.7 Å². The Bertz CT molecular complexity index is 578. The number of aromatic nitrogens is 2. The van der Waals surface area contributed by atoms with Gasteiger partial charge in [0.15, 0.2) is 5.49 Å². The summed E-state index contributed by atoms with van der Waals surface area (Å²) in [6, 6.07) is 12.0. The van der Waals surface area contributed by atoms with Crippen molar-refractivity contribution in [2.24, 2.45) is 4.99 Å². The molecule has 0 bridgehead atoms. The standard InChI is InChI=1S/C14H18N4O/c1-11-10-13(17-14(15)18(11)19)16-9-5-8-12-6-3-2-4-7-12/h2-4,6-7,10,19H,5,8-9H2,1H3,(H2,15,16,17). The van der Waals surface area contributed by atoms with Gasteiger partial charge in [0.05, 0.1) is 5.69 Å². The molecule has 1 aromatic carbocycles. The number of rotatable bonds is 4. The van der Waals surface area contributed by atoms with E-state index in [1.165, 1.54) is 5.56 Å². The zero-order valence-electron chi connectivity index (χ0n) is 11.0. The van der Waals surface area contributed by atoms with Crippen LogP contribution in [-0.4, -0.2) is 21.5 Å². The van der Waals surface area contributed by atoms with E-state index in [1.54, 1.807) is 13.0 Å². The molecular formula is C14H18N4O. The van der Waals surface area contributed by atoms with Crippen molar-refractivity contribution in [3.63, 3.8) is 0 Å². The predicted molar refractivity (Wildman–Crippen MR) is 73.8 cm³/mol. The lowest BCUT2D eigenvalue weighted by molar-refractivity contribution is 0.180. The Morgan fingerprint density at radius 3 is 2.74 bits per heavy atom. The fourth-order valence-electron chi connectivity index (χ4n) is 1.83. The van der Waals surface area contributed by atoms with Gasteiger partial charge in [-0.1, -0.05) is 30.3 Å². The summed E-state index contributed by atoms with van der Waals surface area (Å²) in [6.45, 7) is 2.44. The van der Waals surface area contributed by atoms with E-state index in [2.05, 4.69) is 22.1 Å². The van der Waals surface area contributed by atoms with Crippen molar-refractivity contribution in [2.75, 3.05) is 12.3 Å². The van der Waals surface area contributed by atoms with Gasteiger partial charge in [-0.05, 0) is 25.3 Å². The van der Waals surface area contributed by atoms with Gasteiger partial charge < -0.3 is 10.9 Å². The fourth-order valence-corrected chi connectivity index (χ4v) is 1.83. The Morgan fingerprint density at radius 1 is 1.32 bits per heavy atom. The highest BCUT2D eigenvalue weighted by Gasteiger charge is 1.99. The van der Waals surface area contributed by atoms with Crippen LogP contribution in [0.4, 0.5) is 5.95 Å². The average molecular weight is 258 g/mol. The summed E-state index contributed by atoms with van der Waals surface area (Å²) in [5, 5.41) is 9.44. The van der Waals surface area contributed by atoms with Crippen LogP contribution in [0.25, 0.3) is 0 Å². The van der Waals surface area contributed by atoms with Gasteiger partial charge in [0.2, 0.25) is 5.95 Å². The topological polar surface area (TPSA) is 76.4 Å². The van der Waals surface area contributed by atoms with Crippen LogP contribution >= 0.6 is 0 Å². The highest BCUT2D eigenvalue weighted by atomic mass is 16.5. The first kappa shape index (κ1) is 13.1. The number of nitrogens with two attached hydrogens (primary N) is 1. The third kappa shape index (κ3) is 3.58. The minimum atomic E-state index is 0.0572. The third-order valence-corrected chi connectivity index (χ3v) is 2.86. The monoisotopic (exact) mass is 258 g/mol. The minimum absolute atomic E-state index is 0.0572. The highest BCUT2D eigenvalue weighted by Crippen LogP contribution is 2.02. The van der Waals surface area contributed by atoms with Crippen LogP contribution in [0.3, 0.4) is 0 Å². The van der Waals surface area contributed by atoms with E-state index in [4.69, 9.17) is 5.73 Å². The van der Waals surface area contributed by atoms with Crippen LogP contribution < -0.4 is 11.2 Å². The van der Waals surface area contributed by atoms with Crippen LogP contribution in [-0.2, 0) is 6.42 Å². The molecule has 2 aromatic rings. The quantitative estimate of drug-likeness (QED) is 0.645. The molecule has 0 radical (unpaired) electrons. The summed E-state index contributed by atoms with van der Waals surface area (Å²) >= 11 is 0. The lowest BCUT2D eigenvalue weighted by Crippen LogP contribution is -2.18. The molecule has 0 saturated carbocycles. The summed E-state index contributed by atoms with van der Waals surface area (Å²) in [7, 11) is 0. The van der Waals surface area contributed by atoms with Gasteiger partial charge in [0.1, 0.15) is 0 Å². The smallest absolute Gasteiger partial charge is 0.236 e. The summed E-state index contributed by atoms with van der Waals surface area (Å²) in [5.74, 6) is 0.0572. The number of nitrogen functional groups attached to an aromatic ring is 1. The zero-order valence-corrected chi connectivity index (χ0v) is 11.0. The van der Waals surface area contributed by atoms with Crippen LogP contribution in [0.5, 0.6) is 0 Å². The molecule has 1 aromatic heterocycles. The maximum absolute atomic E-state index is 9.44. The van der Waals surface area contributed by atoms with Crippen molar-refractivity contribution in [1.82, 2.24) is 9.71 Å². The van der Waals surface area contributed by atoms with Crippen molar-refractivity contribution in [2.45, 2.75) is 19.8 Å². The molecule has 0 amide bonds. The maximum atomic E-state index is 9.44. The van der Waals surface area contributed by atoms with Gasteiger partial charge in [-0.3, -0.25) is 4.99 Å². The molecule has 1 heterocycles. The molecule has 0 unspecified atom stereocenters. The van der Waals surface area contributed by atoms with Gasteiger partial charge in [-0.15, -0.1) is 0 Å². The Morgan fingerprint density at radius 2 is 2.05 bits per heavy atom. The van der Waals surface area contributed by atoms with Gasteiger partial charge in [-0.25, -0.2) is 0 Å². The zero-order chi connectivity index (χ0) is 13.7. The second-order valence-corrected chi connectivity index (χ2v) is 4.40. The SMILES string of the molecule is Cc1cc(=NCCCc2ccccc2)nc(N)n1O. The highest BCUT2D eigenvalue weighted by molar-refractivity contribution is 5.18. The van der Waals surface area contributed by atoms with E-state index in [-0.39, 0.29) is 5.95 Å². The molecule has 5 heteroatoms. The normalized spacial score (nSPS) is 11.7. The lowest BCUT2D eigenvalue weighted by Gasteiger charge is -2.04. The Kier molecular flexibility index (Phi) is 4.18. The second kappa shape index (κ2) is 6.04. The Labute approximate surface area is 112 Å². The predicted octanol–water partition coefficient (Wildman–Crippen LogP) is 1.54. The minimum Gasteiger partial charge on any atom is -0.425 e. The Balaban J connectivity index is 1.96. The van der Waals surface area contributed by atoms with Gasteiger partial charge in [0.25, 0.3) is 0 Å². The molecule has 0 aliphatic rings. The van der Waals surface area contributed by atoms with Crippen molar-refractivity contribution in [1.29, 1.82) is 0 Å². The molecular weight excluding hydrogens is 240 g/mol. The first-order valence-corrected chi connectivity index (χ1v) is 6.26. The largest absolute Gasteiger partial charge is 0.425 e. The van der Waals surface area contributed by atoms with Gasteiger partial charge >= 0.3 is 0 Å². The lowest BCUT2D eigenvalue weighted by atomic mass is 10.1. The van der Waals surface area contributed by atoms with Gasteiger partial charge in [-0.2, -0.15) is 9.71 Å². The summed E-state index contributed by atoms with van der Waals surface area (Å²) in [5.41, 5.74) is 8.05. The van der Waals surface area contributed by atoms with E-state index in [1.807, 2.05) is 18.2 Å². The molecule has 5 nitrogen and oxygen atoms in total.